The molecule has 0 unspecified atom stereocenters. The molecule has 3 aromatic rings. The molecule has 0 saturated heterocycles. The van der Waals surface area contributed by atoms with Crippen LogP contribution in [0.2, 0.25) is 0 Å². The van der Waals surface area contributed by atoms with Gasteiger partial charge in [0, 0.05) is 0 Å². The summed E-state index contributed by atoms with van der Waals surface area (Å²) in [6.45, 7) is 8.50. The molecular formula is C27H49N3. The maximum atomic E-state index is 4.50. The van der Waals surface area contributed by atoms with Gasteiger partial charge in [0.25, 0.3) is 0 Å². The predicted octanol–water partition coefficient (Wildman–Crippen LogP) is 6.62. The summed E-state index contributed by atoms with van der Waals surface area (Å²) in [5, 5.41) is 0. The van der Waals surface area contributed by atoms with E-state index in [4.69, 9.17) is 0 Å². The second kappa shape index (κ2) is 56.3. The Morgan fingerprint density at radius 3 is 0.333 bits per heavy atom. The van der Waals surface area contributed by atoms with Crippen LogP contribution in [0.1, 0.15) is 40.5 Å². The van der Waals surface area contributed by atoms with Gasteiger partial charge in [0.2, 0.25) is 0 Å². The maximum Gasteiger partial charge on any atom is -0.0195 e. The summed E-state index contributed by atoms with van der Waals surface area (Å²) in [6.07, 6.45) is 2.50. The number of nitrogens with two attached hydrogens (primary N) is 3. The second-order valence-electron chi connectivity index (χ2n) is 4.88. The van der Waals surface area contributed by atoms with Crippen molar-refractivity contribution in [2.75, 3.05) is 21.1 Å². The summed E-state index contributed by atoms with van der Waals surface area (Å²) in [5.41, 5.74) is 13.5. The van der Waals surface area contributed by atoms with Crippen LogP contribution < -0.4 is 17.2 Å². The molecular weight excluding hydrogens is 366 g/mol. The van der Waals surface area contributed by atoms with Crippen molar-refractivity contribution < 1.29 is 0 Å². The van der Waals surface area contributed by atoms with Gasteiger partial charge in [-0.15, -0.1) is 0 Å². The van der Waals surface area contributed by atoms with Gasteiger partial charge in [-0.2, -0.15) is 0 Å². The minimum absolute atomic E-state index is 1.25. The molecule has 0 saturated carbocycles. The van der Waals surface area contributed by atoms with Gasteiger partial charge in [-0.1, -0.05) is 150 Å². The third-order valence-electron chi connectivity index (χ3n) is 2.00. The molecule has 0 amide bonds. The van der Waals surface area contributed by atoms with Crippen LogP contribution in [0.3, 0.4) is 0 Å². The lowest BCUT2D eigenvalue weighted by Crippen LogP contribution is -1.69. The van der Waals surface area contributed by atoms with E-state index >= 15 is 0 Å². The van der Waals surface area contributed by atoms with E-state index in [0.29, 0.717) is 0 Å². The molecule has 0 spiro atoms. The van der Waals surface area contributed by atoms with Gasteiger partial charge in [0.05, 0.1) is 0 Å². The Labute approximate surface area is 188 Å². The highest BCUT2D eigenvalue weighted by Gasteiger charge is 1.59. The van der Waals surface area contributed by atoms with Crippen LogP contribution in [0.15, 0.2) is 109 Å². The first kappa shape index (κ1) is 38.2. The normalized spacial score (nSPS) is 6.60. The van der Waals surface area contributed by atoms with Gasteiger partial charge < -0.3 is 17.2 Å². The molecule has 0 fully saturated rings. The van der Waals surface area contributed by atoms with Crippen molar-refractivity contribution in [3.8, 4) is 0 Å². The first-order chi connectivity index (χ1) is 14.8. The summed E-state index contributed by atoms with van der Waals surface area (Å²) < 4.78 is 0. The zero-order chi connectivity index (χ0) is 24.1. The smallest absolute Gasteiger partial charge is 0.0195 e. The summed E-state index contributed by atoms with van der Waals surface area (Å²) >= 11 is 0. The van der Waals surface area contributed by atoms with Crippen molar-refractivity contribution >= 4 is 0 Å². The van der Waals surface area contributed by atoms with Crippen LogP contribution in [-0.2, 0) is 0 Å². The largest absolute Gasteiger partial charge is 0.333 e. The Morgan fingerprint density at radius 2 is 0.300 bits per heavy atom. The summed E-state index contributed by atoms with van der Waals surface area (Å²) in [7, 11) is 4.50. The molecule has 0 aliphatic carbocycles. The molecule has 172 valence electrons. The molecule has 3 nitrogen and oxygen atoms in total. The molecule has 30 heavy (non-hydrogen) atoms. The summed E-state index contributed by atoms with van der Waals surface area (Å²) in [6, 6.07) is 36.0. The van der Waals surface area contributed by atoms with Gasteiger partial charge in [-0.05, 0) is 21.1 Å². The monoisotopic (exact) mass is 415 g/mol. The topological polar surface area (TPSA) is 78.1 Å². The van der Waals surface area contributed by atoms with Crippen molar-refractivity contribution in [1.29, 1.82) is 0 Å². The van der Waals surface area contributed by atoms with Crippen LogP contribution in [0.5, 0.6) is 0 Å². The maximum absolute atomic E-state index is 4.50. The van der Waals surface area contributed by atoms with Crippen molar-refractivity contribution in [2.45, 2.75) is 40.5 Å². The van der Waals surface area contributed by atoms with Crippen molar-refractivity contribution in [2.24, 2.45) is 17.2 Å². The van der Waals surface area contributed by atoms with E-state index in [1.165, 1.54) is 34.0 Å². The van der Waals surface area contributed by atoms with E-state index in [1.54, 1.807) is 0 Å². The van der Waals surface area contributed by atoms with E-state index in [1.807, 2.05) is 109 Å². The lowest BCUT2D eigenvalue weighted by atomic mass is 10.4. The molecule has 0 aliphatic heterocycles. The molecule has 0 heterocycles. The second-order valence-corrected chi connectivity index (χ2v) is 4.88. The van der Waals surface area contributed by atoms with Gasteiger partial charge >= 0.3 is 0 Å². The Morgan fingerprint density at radius 1 is 0.267 bits per heavy atom. The van der Waals surface area contributed by atoms with Crippen molar-refractivity contribution in [3.05, 3.63) is 109 Å². The van der Waals surface area contributed by atoms with Gasteiger partial charge in [-0.25, -0.2) is 0 Å². The van der Waals surface area contributed by atoms with Gasteiger partial charge in [0.15, 0.2) is 0 Å². The predicted molar refractivity (Wildman–Crippen MR) is 142 cm³/mol. The third kappa shape index (κ3) is 63.7. The first-order valence-corrected chi connectivity index (χ1v) is 10.6. The highest BCUT2D eigenvalue weighted by molar-refractivity contribution is 5.00. The van der Waals surface area contributed by atoms with E-state index in [9.17, 15) is 0 Å². The molecule has 0 aliphatic rings. The Bertz CT molecular complexity index is 331. The minimum atomic E-state index is 1.25. The van der Waals surface area contributed by atoms with E-state index in [0.717, 1.165) is 0 Å². The molecule has 0 atom stereocenters. The summed E-state index contributed by atoms with van der Waals surface area (Å²) in [5.74, 6) is 0. The van der Waals surface area contributed by atoms with E-state index < -0.39 is 0 Å². The fourth-order valence-corrected chi connectivity index (χ4v) is 1.15. The quantitative estimate of drug-likeness (QED) is 0.386. The number of rotatable bonds is 0. The average molecular weight is 416 g/mol. The number of hydrogen-bond donors (Lipinski definition) is 3. The van der Waals surface area contributed by atoms with Crippen molar-refractivity contribution in [3.63, 3.8) is 0 Å². The third-order valence-corrected chi connectivity index (χ3v) is 2.00. The Kier molecular flexibility index (Phi) is 71.6. The minimum Gasteiger partial charge on any atom is -0.333 e. The van der Waals surface area contributed by atoms with Crippen LogP contribution in [0, 0.1) is 0 Å². The van der Waals surface area contributed by atoms with E-state index in [2.05, 4.69) is 44.9 Å². The highest BCUT2D eigenvalue weighted by atomic mass is 14.4. The number of hydrogen-bond acceptors (Lipinski definition) is 3. The molecule has 3 heteroatoms. The Hall–Kier alpha value is -2.46. The SMILES string of the molecule is CCC.CCC.CN.CN.CN.c1ccccc1.c1ccccc1.c1ccccc1. The lowest BCUT2D eigenvalue weighted by Gasteiger charge is -1.69. The zero-order valence-corrected chi connectivity index (χ0v) is 20.5. The van der Waals surface area contributed by atoms with Crippen LogP contribution in [0.25, 0.3) is 0 Å². The highest BCUT2D eigenvalue weighted by Crippen LogP contribution is 1.81. The molecule has 3 aromatic carbocycles. The molecule has 0 radical (unpaired) electrons. The van der Waals surface area contributed by atoms with Crippen LogP contribution >= 0.6 is 0 Å². The molecule has 0 aromatic heterocycles. The van der Waals surface area contributed by atoms with E-state index in [-0.39, 0.29) is 0 Å². The zero-order valence-electron chi connectivity index (χ0n) is 20.5. The fraction of sp³-hybridized carbons (Fsp3) is 0.333. The lowest BCUT2D eigenvalue weighted by molar-refractivity contribution is 1.09. The van der Waals surface area contributed by atoms with Crippen LogP contribution in [-0.4, -0.2) is 21.1 Å². The van der Waals surface area contributed by atoms with Crippen molar-refractivity contribution in [1.82, 2.24) is 0 Å². The first-order valence-electron chi connectivity index (χ1n) is 10.6. The van der Waals surface area contributed by atoms with Crippen LogP contribution in [0.4, 0.5) is 0 Å². The molecule has 3 rings (SSSR count). The van der Waals surface area contributed by atoms with Gasteiger partial charge in [0.1, 0.15) is 0 Å². The average Bonchev–Trinajstić information content (AvgIpc) is 2.88. The van der Waals surface area contributed by atoms with Gasteiger partial charge in [-0.3, -0.25) is 0 Å². The Balaban J connectivity index is -0.0000000838. The molecule has 0 bridgehead atoms. The number of benzene rings is 3. The fourth-order valence-electron chi connectivity index (χ4n) is 1.15. The summed E-state index contributed by atoms with van der Waals surface area (Å²) in [4.78, 5) is 0. The standard InChI is InChI=1S/3C6H6.2C3H8.3CH5N/c3*1-2-4-6-5-3-1;2*1-3-2;3*1-2/h3*1-6H;2*3H2,1-2H3;3*2H2,1H3. The molecule has 6 N–H and O–H groups in total.